The number of hydrogen-bond acceptors (Lipinski definition) is 6. The summed E-state index contributed by atoms with van der Waals surface area (Å²) in [6.07, 6.45) is 0.277. The Morgan fingerprint density at radius 3 is 2.33 bits per heavy atom. The molecule has 3 aromatic carbocycles. The Balaban J connectivity index is 1.70. The van der Waals surface area contributed by atoms with Crippen LogP contribution in [0.3, 0.4) is 0 Å². The fourth-order valence-corrected chi connectivity index (χ4v) is 4.73. The highest BCUT2D eigenvalue weighted by molar-refractivity contribution is 7.99. The van der Waals surface area contributed by atoms with Crippen LogP contribution in [-0.4, -0.2) is 30.9 Å². The zero-order valence-electron chi connectivity index (χ0n) is 20.0. The lowest BCUT2D eigenvalue weighted by Crippen LogP contribution is -2.12. The quantitative estimate of drug-likeness (QED) is 0.270. The Labute approximate surface area is 214 Å². The van der Waals surface area contributed by atoms with E-state index >= 15 is 0 Å². The molecule has 0 saturated carbocycles. The van der Waals surface area contributed by atoms with E-state index in [0.717, 1.165) is 22.5 Å². The average molecular weight is 496 g/mol. The van der Waals surface area contributed by atoms with E-state index in [9.17, 15) is 10.1 Å². The summed E-state index contributed by atoms with van der Waals surface area (Å²) in [5, 5.41) is 13.6. The van der Waals surface area contributed by atoms with Crippen LogP contribution in [0.2, 0.25) is 0 Å². The molecular formula is C29H25N3O3S. The largest absolute Gasteiger partial charge is 0.493 e. The van der Waals surface area contributed by atoms with Gasteiger partial charge in [0.2, 0.25) is 5.91 Å². The van der Waals surface area contributed by atoms with Crippen LogP contribution in [0, 0.1) is 11.3 Å². The number of anilines is 1. The van der Waals surface area contributed by atoms with Crippen molar-refractivity contribution in [1.82, 2.24) is 4.98 Å². The monoisotopic (exact) mass is 495 g/mol. The van der Waals surface area contributed by atoms with Crippen molar-refractivity contribution in [1.29, 1.82) is 5.26 Å². The summed E-state index contributed by atoms with van der Waals surface area (Å²) < 4.78 is 11.1. The second-order valence-corrected chi connectivity index (χ2v) is 8.85. The highest BCUT2D eigenvalue weighted by Gasteiger charge is 2.20. The van der Waals surface area contributed by atoms with Crippen LogP contribution in [-0.2, 0) is 4.79 Å². The zero-order valence-corrected chi connectivity index (χ0v) is 20.8. The van der Waals surface area contributed by atoms with Gasteiger partial charge in [-0.2, -0.15) is 5.26 Å². The Bertz CT molecular complexity index is 1390. The molecule has 0 atom stereocenters. The molecule has 0 aliphatic heterocycles. The van der Waals surface area contributed by atoms with Gasteiger partial charge in [-0.05, 0) is 24.3 Å². The van der Waals surface area contributed by atoms with E-state index in [2.05, 4.69) is 11.4 Å². The lowest BCUT2D eigenvalue weighted by atomic mass is 9.98. The van der Waals surface area contributed by atoms with Crippen molar-refractivity contribution in [2.24, 2.45) is 0 Å². The van der Waals surface area contributed by atoms with E-state index in [-0.39, 0.29) is 12.3 Å². The maximum absolute atomic E-state index is 12.4. The number of carbonyl (C=O) groups is 1. The Morgan fingerprint density at radius 1 is 0.944 bits per heavy atom. The summed E-state index contributed by atoms with van der Waals surface area (Å²) in [4.78, 5) is 17.3. The van der Waals surface area contributed by atoms with Crippen LogP contribution in [0.5, 0.6) is 11.5 Å². The molecule has 1 aromatic heterocycles. The van der Waals surface area contributed by atoms with Gasteiger partial charge >= 0.3 is 0 Å². The number of methoxy groups -OCH3 is 2. The molecule has 36 heavy (non-hydrogen) atoms. The molecule has 180 valence electrons. The normalized spacial score (nSPS) is 10.4. The number of nitrogens with one attached hydrogen (secondary N) is 1. The SMILES string of the molecule is COc1cccc(-c2cc(-c3ccccc3)nc(SCCC(=O)Nc3ccccc3)c2C#N)c1OC. The number of thioether (sulfide) groups is 1. The van der Waals surface area contributed by atoms with Crippen molar-refractivity contribution in [3.8, 4) is 40.0 Å². The summed E-state index contributed by atoms with van der Waals surface area (Å²) in [7, 11) is 3.16. The fraction of sp³-hybridized carbons (Fsp3) is 0.138. The fourth-order valence-electron chi connectivity index (χ4n) is 3.79. The van der Waals surface area contributed by atoms with Crippen LogP contribution in [0.1, 0.15) is 12.0 Å². The summed E-state index contributed by atoms with van der Waals surface area (Å²) >= 11 is 1.39. The first-order chi connectivity index (χ1) is 17.6. The lowest BCUT2D eigenvalue weighted by molar-refractivity contribution is -0.115. The van der Waals surface area contributed by atoms with Crippen molar-refractivity contribution in [2.75, 3.05) is 25.3 Å². The van der Waals surface area contributed by atoms with Gasteiger partial charge in [0.25, 0.3) is 0 Å². The lowest BCUT2D eigenvalue weighted by Gasteiger charge is -2.16. The third-order valence-electron chi connectivity index (χ3n) is 5.49. The van der Waals surface area contributed by atoms with Crippen molar-refractivity contribution in [3.05, 3.63) is 90.5 Å². The summed E-state index contributed by atoms with van der Waals surface area (Å²) in [6.45, 7) is 0. The number of aromatic nitrogens is 1. The molecule has 0 spiro atoms. The molecule has 6 nitrogen and oxygen atoms in total. The number of para-hydroxylation sites is 2. The van der Waals surface area contributed by atoms with Gasteiger partial charge < -0.3 is 14.8 Å². The predicted octanol–water partition coefficient (Wildman–Crippen LogP) is 6.43. The molecule has 0 bridgehead atoms. The van der Waals surface area contributed by atoms with Gasteiger partial charge in [0.05, 0.1) is 25.5 Å². The molecule has 1 amide bonds. The average Bonchev–Trinajstić information content (AvgIpc) is 2.93. The number of benzene rings is 3. The van der Waals surface area contributed by atoms with Gasteiger partial charge in [0.15, 0.2) is 11.5 Å². The van der Waals surface area contributed by atoms with Crippen LogP contribution in [0.4, 0.5) is 5.69 Å². The molecule has 4 aromatic rings. The maximum atomic E-state index is 12.4. The van der Waals surface area contributed by atoms with E-state index < -0.39 is 0 Å². The second kappa shape index (κ2) is 11.9. The van der Waals surface area contributed by atoms with Crippen LogP contribution in [0.15, 0.2) is 90.0 Å². The topological polar surface area (TPSA) is 84.2 Å². The van der Waals surface area contributed by atoms with Crippen molar-refractivity contribution in [2.45, 2.75) is 11.4 Å². The maximum Gasteiger partial charge on any atom is 0.225 e. The van der Waals surface area contributed by atoms with E-state index in [4.69, 9.17) is 14.5 Å². The van der Waals surface area contributed by atoms with Crippen molar-refractivity contribution < 1.29 is 14.3 Å². The first-order valence-corrected chi connectivity index (χ1v) is 12.3. The standard InChI is InChI=1S/C29H25N3O3S/c1-34-26-15-9-14-22(28(26)35-2)23-18-25(20-10-5-3-6-11-20)32-29(24(23)19-30)36-17-16-27(33)31-21-12-7-4-8-13-21/h3-15,18H,16-17H2,1-2H3,(H,31,33). The molecule has 0 saturated heterocycles. The third-order valence-corrected chi connectivity index (χ3v) is 6.46. The van der Waals surface area contributed by atoms with Gasteiger partial charge in [-0.25, -0.2) is 4.98 Å². The Hall–Kier alpha value is -4.28. The molecule has 0 fully saturated rings. The van der Waals surface area contributed by atoms with E-state index in [0.29, 0.717) is 33.4 Å². The predicted molar refractivity (Wildman–Crippen MR) is 143 cm³/mol. The minimum Gasteiger partial charge on any atom is -0.493 e. The first-order valence-electron chi connectivity index (χ1n) is 11.3. The number of nitriles is 1. The minimum atomic E-state index is -0.0962. The summed E-state index contributed by atoms with van der Waals surface area (Å²) in [5.74, 6) is 1.48. The molecule has 4 rings (SSSR count). The van der Waals surface area contributed by atoms with Gasteiger partial charge in [-0.1, -0.05) is 60.7 Å². The zero-order chi connectivity index (χ0) is 25.3. The molecule has 1 heterocycles. The number of rotatable bonds is 9. The number of nitrogens with zero attached hydrogens (tertiary/aromatic N) is 2. The van der Waals surface area contributed by atoms with Crippen molar-refractivity contribution >= 4 is 23.4 Å². The first kappa shape index (κ1) is 24.8. The van der Waals surface area contributed by atoms with Crippen LogP contribution in [0.25, 0.3) is 22.4 Å². The summed E-state index contributed by atoms with van der Waals surface area (Å²) in [6, 6.07) is 28.9. The van der Waals surface area contributed by atoms with Crippen LogP contribution < -0.4 is 14.8 Å². The molecule has 0 unspecified atom stereocenters. The smallest absolute Gasteiger partial charge is 0.225 e. The highest BCUT2D eigenvalue weighted by Crippen LogP contribution is 2.42. The van der Waals surface area contributed by atoms with Gasteiger partial charge in [-0.3, -0.25) is 4.79 Å². The molecule has 0 aliphatic carbocycles. The summed E-state index contributed by atoms with van der Waals surface area (Å²) in [5.41, 5.74) is 4.26. The number of carbonyl (C=O) groups excluding carboxylic acids is 1. The minimum absolute atomic E-state index is 0.0962. The van der Waals surface area contributed by atoms with Gasteiger partial charge in [-0.15, -0.1) is 11.8 Å². The van der Waals surface area contributed by atoms with E-state index in [1.54, 1.807) is 14.2 Å². The van der Waals surface area contributed by atoms with Crippen molar-refractivity contribution in [3.63, 3.8) is 0 Å². The van der Waals surface area contributed by atoms with E-state index in [1.807, 2.05) is 84.9 Å². The number of pyridine rings is 1. The van der Waals surface area contributed by atoms with Gasteiger partial charge in [0.1, 0.15) is 11.1 Å². The third kappa shape index (κ3) is 5.68. The van der Waals surface area contributed by atoms with E-state index in [1.165, 1.54) is 11.8 Å². The Kier molecular flexibility index (Phi) is 8.22. The molecule has 1 N–H and O–H groups in total. The van der Waals surface area contributed by atoms with Gasteiger partial charge in [0, 0.05) is 34.6 Å². The molecule has 0 radical (unpaired) electrons. The van der Waals surface area contributed by atoms with Crippen LogP contribution >= 0.6 is 11.8 Å². The molecular weight excluding hydrogens is 470 g/mol. The number of ether oxygens (including phenoxy) is 2. The second-order valence-electron chi connectivity index (χ2n) is 7.77. The number of hydrogen-bond donors (Lipinski definition) is 1. The highest BCUT2D eigenvalue weighted by atomic mass is 32.2. The Morgan fingerprint density at radius 2 is 1.67 bits per heavy atom. The molecule has 7 heteroatoms. The number of amides is 1. The molecule has 0 aliphatic rings.